The van der Waals surface area contributed by atoms with Crippen molar-refractivity contribution in [1.82, 2.24) is 19.5 Å². The van der Waals surface area contributed by atoms with Gasteiger partial charge in [-0.1, -0.05) is 23.7 Å². The van der Waals surface area contributed by atoms with E-state index >= 15 is 0 Å². The van der Waals surface area contributed by atoms with E-state index in [4.69, 9.17) is 11.6 Å². The van der Waals surface area contributed by atoms with Gasteiger partial charge in [-0.15, -0.1) is 0 Å². The Morgan fingerprint density at radius 3 is 2.70 bits per heavy atom. The highest BCUT2D eigenvalue weighted by Gasteiger charge is 2.18. The smallest absolute Gasteiger partial charge is 0.165 e. The average molecular weight is 328 g/mol. The Hall–Kier alpha value is -2.11. The predicted molar refractivity (Wildman–Crippen MR) is 93.1 cm³/mol. The fourth-order valence-corrected chi connectivity index (χ4v) is 3.20. The summed E-state index contributed by atoms with van der Waals surface area (Å²) in [7, 11) is 2.16. The van der Waals surface area contributed by atoms with Crippen LogP contribution in [0.3, 0.4) is 0 Å². The molecule has 1 aromatic carbocycles. The first kappa shape index (κ1) is 14.5. The summed E-state index contributed by atoms with van der Waals surface area (Å²) >= 11 is 6.12. The summed E-state index contributed by atoms with van der Waals surface area (Å²) in [4.78, 5) is 9.25. The summed E-state index contributed by atoms with van der Waals surface area (Å²) in [6.45, 7) is 4.13. The molecule has 0 N–H and O–H groups in total. The van der Waals surface area contributed by atoms with Gasteiger partial charge in [0.05, 0.1) is 6.20 Å². The molecule has 5 nitrogen and oxygen atoms in total. The van der Waals surface area contributed by atoms with Crippen molar-refractivity contribution in [3.63, 3.8) is 0 Å². The van der Waals surface area contributed by atoms with Gasteiger partial charge < -0.3 is 9.80 Å². The number of piperazine rings is 1. The maximum atomic E-state index is 6.12. The Bertz CT molecular complexity index is 836. The van der Waals surface area contributed by atoms with Crippen molar-refractivity contribution in [1.29, 1.82) is 0 Å². The lowest BCUT2D eigenvalue weighted by molar-refractivity contribution is 0.311. The molecule has 0 amide bonds. The molecule has 4 rings (SSSR count). The predicted octanol–water partition coefficient (Wildman–Crippen LogP) is 2.80. The van der Waals surface area contributed by atoms with Gasteiger partial charge in [0.15, 0.2) is 5.65 Å². The molecule has 3 heterocycles. The minimum absolute atomic E-state index is 0.720. The molecule has 0 bridgehead atoms. The van der Waals surface area contributed by atoms with Crippen LogP contribution in [-0.4, -0.2) is 52.7 Å². The third kappa shape index (κ3) is 2.66. The second-order valence-corrected chi connectivity index (χ2v) is 6.33. The zero-order valence-electron chi connectivity index (χ0n) is 13.0. The molecule has 0 atom stereocenters. The third-order valence-corrected chi connectivity index (χ3v) is 4.58. The molecule has 1 aliphatic heterocycles. The van der Waals surface area contributed by atoms with Crippen molar-refractivity contribution in [2.75, 3.05) is 38.1 Å². The molecule has 0 aliphatic carbocycles. The Morgan fingerprint density at radius 1 is 1.09 bits per heavy atom. The maximum Gasteiger partial charge on any atom is 0.165 e. The van der Waals surface area contributed by atoms with Gasteiger partial charge in [-0.05, 0) is 30.8 Å². The molecule has 118 valence electrons. The molecule has 6 heteroatoms. The first-order valence-corrected chi connectivity index (χ1v) is 8.12. The second-order valence-electron chi connectivity index (χ2n) is 5.90. The van der Waals surface area contributed by atoms with Crippen LogP contribution in [0, 0.1) is 0 Å². The van der Waals surface area contributed by atoms with E-state index in [-0.39, 0.29) is 0 Å². The first-order chi connectivity index (χ1) is 11.2. The van der Waals surface area contributed by atoms with Crippen LogP contribution in [0.1, 0.15) is 0 Å². The number of hydrogen-bond acceptors (Lipinski definition) is 4. The lowest BCUT2D eigenvalue weighted by Crippen LogP contribution is -2.45. The van der Waals surface area contributed by atoms with Crippen LogP contribution < -0.4 is 4.90 Å². The summed E-state index contributed by atoms with van der Waals surface area (Å²) in [6.07, 6.45) is 3.73. The van der Waals surface area contributed by atoms with E-state index in [1.54, 1.807) is 0 Å². The topological polar surface area (TPSA) is 36.7 Å². The van der Waals surface area contributed by atoms with Crippen LogP contribution in [0.5, 0.6) is 0 Å². The molecule has 23 heavy (non-hydrogen) atoms. The minimum Gasteiger partial charge on any atom is -0.354 e. The largest absolute Gasteiger partial charge is 0.354 e. The fraction of sp³-hybridized carbons (Fsp3) is 0.294. The highest BCUT2D eigenvalue weighted by atomic mass is 35.5. The Labute approximate surface area is 140 Å². The van der Waals surface area contributed by atoms with Gasteiger partial charge in [0.2, 0.25) is 0 Å². The van der Waals surface area contributed by atoms with Crippen molar-refractivity contribution in [2.45, 2.75) is 0 Å². The molecule has 0 saturated carbocycles. The molecular formula is C17H18ClN5. The monoisotopic (exact) mass is 327 g/mol. The highest BCUT2D eigenvalue weighted by Crippen LogP contribution is 2.28. The van der Waals surface area contributed by atoms with Crippen LogP contribution in [0.15, 0.2) is 42.7 Å². The normalized spacial score (nSPS) is 16.2. The second kappa shape index (κ2) is 5.83. The number of anilines is 1. The number of rotatable bonds is 2. The molecule has 1 aliphatic rings. The number of likely N-dealkylation sites (N-methyl/N-ethyl adjacent to an activating group) is 1. The average Bonchev–Trinajstić information content (AvgIpc) is 3.00. The van der Waals surface area contributed by atoms with Crippen LogP contribution in [0.4, 0.5) is 5.82 Å². The van der Waals surface area contributed by atoms with Crippen molar-refractivity contribution < 1.29 is 0 Å². The van der Waals surface area contributed by atoms with Gasteiger partial charge >= 0.3 is 0 Å². The summed E-state index contributed by atoms with van der Waals surface area (Å²) in [5.41, 5.74) is 2.91. The third-order valence-electron chi connectivity index (χ3n) is 4.34. The van der Waals surface area contributed by atoms with Crippen molar-refractivity contribution >= 4 is 23.1 Å². The van der Waals surface area contributed by atoms with E-state index in [1.165, 1.54) is 0 Å². The standard InChI is InChI=1S/C17H18ClN5/c1-21-7-9-22(10-8-21)16-5-6-19-17-15(12-20-23(16)17)13-3-2-4-14(18)11-13/h2-6,11-12H,7-10H2,1H3. The van der Waals surface area contributed by atoms with Crippen LogP contribution in [0.2, 0.25) is 5.02 Å². The quantitative estimate of drug-likeness (QED) is 0.725. The van der Waals surface area contributed by atoms with Crippen molar-refractivity contribution in [3.8, 4) is 11.1 Å². The zero-order chi connectivity index (χ0) is 15.8. The van der Waals surface area contributed by atoms with Crippen molar-refractivity contribution in [3.05, 3.63) is 47.7 Å². The highest BCUT2D eigenvalue weighted by molar-refractivity contribution is 6.30. The Kier molecular flexibility index (Phi) is 3.67. The zero-order valence-corrected chi connectivity index (χ0v) is 13.7. The SMILES string of the molecule is CN1CCN(c2ccnc3c(-c4cccc(Cl)c4)cnn23)CC1. The molecule has 2 aromatic heterocycles. The van der Waals surface area contributed by atoms with Crippen molar-refractivity contribution in [2.24, 2.45) is 0 Å². The number of hydrogen-bond donors (Lipinski definition) is 0. The summed E-state index contributed by atoms with van der Waals surface area (Å²) < 4.78 is 1.93. The molecule has 1 fully saturated rings. The summed E-state index contributed by atoms with van der Waals surface area (Å²) in [5, 5.41) is 5.29. The van der Waals surface area contributed by atoms with Gasteiger partial charge in [0, 0.05) is 43.0 Å². The van der Waals surface area contributed by atoms with E-state index in [0.29, 0.717) is 0 Å². The number of fused-ring (bicyclic) bond motifs is 1. The van der Waals surface area contributed by atoms with Gasteiger partial charge in [0.1, 0.15) is 5.82 Å². The number of benzene rings is 1. The Morgan fingerprint density at radius 2 is 1.91 bits per heavy atom. The summed E-state index contributed by atoms with van der Waals surface area (Å²) in [5.74, 6) is 1.09. The Balaban J connectivity index is 1.78. The van der Waals surface area contributed by atoms with E-state index in [2.05, 4.69) is 26.9 Å². The van der Waals surface area contributed by atoms with E-state index < -0.39 is 0 Å². The maximum absolute atomic E-state index is 6.12. The molecule has 0 unspecified atom stereocenters. The number of halogens is 1. The van der Waals surface area contributed by atoms with Crippen LogP contribution >= 0.6 is 11.6 Å². The molecule has 0 radical (unpaired) electrons. The number of aromatic nitrogens is 3. The van der Waals surface area contributed by atoms with E-state index in [0.717, 1.165) is 53.8 Å². The summed E-state index contributed by atoms with van der Waals surface area (Å²) in [6, 6.07) is 9.84. The molecule has 3 aromatic rings. The molecule has 0 spiro atoms. The van der Waals surface area contributed by atoms with Gasteiger partial charge in [-0.25, -0.2) is 4.98 Å². The van der Waals surface area contributed by atoms with Gasteiger partial charge in [-0.2, -0.15) is 9.61 Å². The molecular weight excluding hydrogens is 310 g/mol. The molecule has 1 saturated heterocycles. The lowest BCUT2D eigenvalue weighted by atomic mass is 10.1. The van der Waals surface area contributed by atoms with Gasteiger partial charge in [0.25, 0.3) is 0 Å². The van der Waals surface area contributed by atoms with E-state index in [9.17, 15) is 0 Å². The van der Waals surface area contributed by atoms with Crippen LogP contribution in [-0.2, 0) is 0 Å². The van der Waals surface area contributed by atoms with E-state index in [1.807, 2.05) is 47.2 Å². The van der Waals surface area contributed by atoms with Crippen LogP contribution in [0.25, 0.3) is 16.8 Å². The first-order valence-electron chi connectivity index (χ1n) is 7.74. The lowest BCUT2D eigenvalue weighted by Gasteiger charge is -2.33. The fourth-order valence-electron chi connectivity index (χ4n) is 3.01. The number of nitrogens with zero attached hydrogens (tertiary/aromatic N) is 5. The minimum atomic E-state index is 0.720. The van der Waals surface area contributed by atoms with Gasteiger partial charge in [-0.3, -0.25) is 0 Å².